The molecule has 1 saturated heterocycles. The van der Waals surface area contributed by atoms with Gasteiger partial charge in [0.15, 0.2) is 0 Å². The summed E-state index contributed by atoms with van der Waals surface area (Å²) in [6.07, 6.45) is 1.79. The summed E-state index contributed by atoms with van der Waals surface area (Å²) in [6.45, 7) is 9.90. The van der Waals surface area contributed by atoms with Crippen LogP contribution in [0.25, 0.3) is 0 Å². The van der Waals surface area contributed by atoms with E-state index in [1.165, 1.54) is 13.0 Å². The number of benzene rings is 1. The number of hydrogen-bond donors (Lipinski definition) is 0. The second-order valence-corrected chi connectivity index (χ2v) is 6.38. The topological polar surface area (TPSA) is 36.3 Å². The van der Waals surface area contributed by atoms with Gasteiger partial charge in [-0.1, -0.05) is 26.0 Å². The summed E-state index contributed by atoms with van der Waals surface area (Å²) in [5.41, 5.74) is 1.04. The number of ether oxygens (including phenoxy) is 1. The highest BCUT2D eigenvalue weighted by Crippen LogP contribution is 2.26. The molecular weight excluding hydrogens is 260 g/mol. The third-order valence-electron chi connectivity index (χ3n) is 4.57. The van der Waals surface area contributed by atoms with Crippen LogP contribution in [0.15, 0.2) is 24.3 Å². The normalized spacial score (nSPS) is 26.3. The van der Waals surface area contributed by atoms with Crippen LogP contribution in [0.3, 0.4) is 0 Å². The van der Waals surface area contributed by atoms with E-state index >= 15 is 0 Å². The molecule has 0 aromatic heterocycles. The average Bonchev–Trinajstić information content (AvgIpc) is 2.46. The van der Waals surface area contributed by atoms with Crippen LogP contribution in [0.5, 0.6) is 5.75 Å². The number of piperidine rings is 1. The molecule has 1 heterocycles. The van der Waals surface area contributed by atoms with Crippen molar-refractivity contribution in [3.05, 3.63) is 29.8 Å². The monoisotopic (exact) mass is 286 g/mol. The Bertz CT molecular complexity index is 477. The summed E-state index contributed by atoms with van der Waals surface area (Å²) in [4.78, 5) is 2.54. The van der Waals surface area contributed by atoms with Crippen LogP contribution in [-0.2, 0) is 6.42 Å². The van der Waals surface area contributed by atoms with Crippen molar-refractivity contribution in [2.75, 3.05) is 19.7 Å². The molecule has 1 aliphatic rings. The number of likely N-dealkylation sites (tertiary alicyclic amines) is 1. The van der Waals surface area contributed by atoms with E-state index < -0.39 is 0 Å². The molecule has 3 unspecified atom stereocenters. The van der Waals surface area contributed by atoms with E-state index in [4.69, 9.17) is 10.00 Å². The van der Waals surface area contributed by atoms with Gasteiger partial charge in [0.05, 0.1) is 12.5 Å². The molecule has 3 atom stereocenters. The molecular formula is C18H26N2O. The van der Waals surface area contributed by atoms with E-state index in [9.17, 15) is 0 Å². The molecule has 0 amide bonds. The highest BCUT2D eigenvalue weighted by Gasteiger charge is 2.28. The Balaban J connectivity index is 1.79. The molecule has 3 nitrogen and oxygen atoms in total. The number of hydrogen-bond acceptors (Lipinski definition) is 3. The Morgan fingerprint density at radius 1 is 1.24 bits per heavy atom. The van der Waals surface area contributed by atoms with Gasteiger partial charge in [-0.2, -0.15) is 5.26 Å². The molecule has 1 fully saturated rings. The van der Waals surface area contributed by atoms with Crippen molar-refractivity contribution in [2.24, 2.45) is 11.8 Å². The van der Waals surface area contributed by atoms with Crippen molar-refractivity contribution in [1.82, 2.24) is 4.90 Å². The van der Waals surface area contributed by atoms with Crippen LogP contribution in [0, 0.1) is 23.2 Å². The highest BCUT2D eigenvalue weighted by atomic mass is 16.5. The van der Waals surface area contributed by atoms with Crippen molar-refractivity contribution in [3.63, 3.8) is 0 Å². The largest absolute Gasteiger partial charge is 0.492 e. The predicted molar refractivity (Wildman–Crippen MR) is 85.2 cm³/mol. The first-order chi connectivity index (χ1) is 10.1. The van der Waals surface area contributed by atoms with Crippen LogP contribution in [-0.4, -0.2) is 30.6 Å². The molecule has 3 heteroatoms. The zero-order valence-electron chi connectivity index (χ0n) is 13.4. The molecule has 21 heavy (non-hydrogen) atoms. The van der Waals surface area contributed by atoms with Crippen LogP contribution in [0.2, 0.25) is 0 Å². The van der Waals surface area contributed by atoms with Gasteiger partial charge < -0.3 is 4.74 Å². The second-order valence-electron chi connectivity index (χ2n) is 6.38. The molecule has 0 bridgehead atoms. The van der Waals surface area contributed by atoms with Gasteiger partial charge >= 0.3 is 0 Å². The van der Waals surface area contributed by atoms with Crippen LogP contribution in [0.1, 0.15) is 32.8 Å². The summed E-state index contributed by atoms with van der Waals surface area (Å²) in [5, 5.41) is 8.66. The fraction of sp³-hybridized carbons (Fsp3) is 0.611. The highest BCUT2D eigenvalue weighted by molar-refractivity contribution is 5.28. The van der Waals surface area contributed by atoms with E-state index in [1.807, 2.05) is 24.3 Å². The number of rotatable bonds is 5. The zero-order chi connectivity index (χ0) is 15.2. The number of nitrogens with zero attached hydrogens (tertiary/aromatic N) is 2. The minimum Gasteiger partial charge on any atom is -0.492 e. The van der Waals surface area contributed by atoms with Gasteiger partial charge in [-0.3, -0.25) is 4.90 Å². The van der Waals surface area contributed by atoms with Gasteiger partial charge in [0.1, 0.15) is 12.4 Å². The molecule has 114 valence electrons. The Kier molecular flexibility index (Phi) is 5.64. The van der Waals surface area contributed by atoms with Crippen LogP contribution >= 0.6 is 0 Å². The molecule has 1 aromatic rings. The van der Waals surface area contributed by atoms with Crippen LogP contribution in [0.4, 0.5) is 0 Å². The van der Waals surface area contributed by atoms with Gasteiger partial charge in [-0.25, -0.2) is 0 Å². The lowest BCUT2D eigenvalue weighted by molar-refractivity contribution is 0.0665. The summed E-state index contributed by atoms with van der Waals surface area (Å²) in [6, 6.07) is 10.6. The molecule has 0 radical (unpaired) electrons. The second kappa shape index (κ2) is 7.47. The van der Waals surface area contributed by atoms with E-state index in [2.05, 4.69) is 31.7 Å². The van der Waals surface area contributed by atoms with Crippen molar-refractivity contribution in [2.45, 2.75) is 39.7 Å². The maximum atomic E-state index is 8.66. The predicted octanol–water partition coefficient (Wildman–Crippen LogP) is 3.50. The van der Waals surface area contributed by atoms with Crippen molar-refractivity contribution < 1.29 is 4.74 Å². The Hall–Kier alpha value is -1.53. The van der Waals surface area contributed by atoms with Gasteiger partial charge in [0, 0.05) is 19.1 Å². The molecule has 1 aromatic carbocycles. The number of nitriles is 1. The lowest BCUT2D eigenvalue weighted by atomic mass is 9.86. The van der Waals surface area contributed by atoms with E-state index in [1.54, 1.807) is 0 Å². The third-order valence-corrected chi connectivity index (χ3v) is 4.57. The van der Waals surface area contributed by atoms with Crippen molar-refractivity contribution in [3.8, 4) is 11.8 Å². The molecule has 0 saturated carbocycles. The van der Waals surface area contributed by atoms with Crippen molar-refractivity contribution in [1.29, 1.82) is 5.26 Å². The van der Waals surface area contributed by atoms with Gasteiger partial charge in [-0.15, -0.1) is 0 Å². The van der Waals surface area contributed by atoms with Gasteiger partial charge in [-0.05, 0) is 42.9 Å². The molecule has 0 N–H and O–H groups in total. The Morgan fingerprint density at radius 3 is 2.62 bits per heavy atom. The van der Waals surface area contributed by atoms with Gasteiger partial charge in [0.25, 0.3) is 0 Å². The minimum atomic E-state index is 0.460. The van der Waals surface area contributed by atoms with E-state index in [-0.39, 0.29) is 0 Å². The third kappa shape index (κ3) is 4.47. The molecule has 1 aliphatic heterocycles. The first-order valence-electron chi connectivity index (χ1n) is 7.93. The maximum Gasteiger partial charge on any atom is 0.119 e. The maximum absolute atomic E-state index is 8.66. The first-order valence-corrected chi connectivity index (χ1v) is 7.93. The average molecular weight is 286 g/mol. The lowest BCUT2D eigenvalue weighted by Crippen LogP contribution is -2.47. The summed E-state index contributed by atoms with van der Waals surface area (Å²) < 4.78 is 5.84. The fourth-order valence-corrected chi connectivity index (χ4v) is 3.20. The molecule has 0 spiro atoms. The SMILES string of the molecule is CC1CC(C)C(C)N(CCOc2ccc(CC#N)cc2)C1. The Labute approximate surface area is 128 Å². The minimum absolute atomic E-state index is 0.460. The quantitative estimate of drug-likeness (QED) is 0.831. The van der Waals surface area contributed by atoms with E-state index in [0.717, 1.165) is 36.3 Å². The summed E-state index contributed by atoms with van der Waals surface area (Å²) in [5.74, 6) is 2.43. The molecule has 0 aliphatic carbocycles. The van der Waals surface area contributed by atoms with Crippen LogP contribution < -0.4 is 4.74 Å². The molecule has 2 rings (SSSR count). The smallest absolute Gasteiger partial charge is 0.119 e. The summed E-state index contributed by atoms with van der Waals surface area (Å²) >= 11 is 0. The zero-order valence-corrected chi connectivity index (χ0v) is 13.4. The van der Waals surface area contributed by atoms with E-state index in [0.29, 0.717) is 12.5 Å². The van der Waals surface area contributed by atoms with Crippen molar-refractivity contribution >= 4 is 0 Å². The Morgan fingerprint density at radius 2 is 1.95 bits per heavy atom. The first kappa shape index (κ1) is 15.9. The standard InChI is InChI=1S/C18H26N2O/c1-14-12-15(2)16(3)20(13-14)10-11-21-18-6-4-17(5-7-18)8-9-19/h4-7,14-16H,8,10-13H2,1-3H3. The summed E-state index contributed by atoms with van der Waals surface area (Å²) in [7, 11) is 0. The fourth-order valence-electron chi connectivity index (χ4n) is 3.20. The van der Waals surface area contributed by atoms with Gasteiger partial charge in [0.2, 0.25) is 0 Å². The lowest BCUT2D eigenvalue weighted by Gasteiger charge is -2.41.